The van der Waals surface area contributed by atoms with Crippen LogP contribution in [0.15, 0.2) is 28.7 Å². The third-order valence-corrected chi connectivity index (χ3v) is 6.36. The van der Waals surface area contributed by atoms with Crippen LogP contribution in [-0.2, 0) is 17.7 Å². The molecule has 4 heterocycles. The highest BCUT2D eigenvalue weighted by atomic mass is 16.5. The number of likely N-dealkylation sites (N-methyl/N-ethyl adjacent to an activating group) is 1. The lowest BCUT2D eigenvalue weighted by Crippen LogP contribution is -2.45. The molecule has 0 saturated carbocycles. The number of ether oxygens (including phenoxy) is 1. The van der Waals surface area contributed by atoms with Crippen LogP contribution in [0.25, 0.3) is 11.4 Å². The molecule has 0 spiro atoms. The monoisotopic (exact) mass is 478 g/mol. The number of urea groups is 1. The predicted octanol–water partition coefficient (Wildman–Crippen LogP) is 3.08. The van der Waals surface area contributed by atoms with Gasteiger partial charge in [0.15, 0.2) is 5.82 Å². The Morgan fingerprint density at radius 1 is 1.14 bits per heavy atom. The van der Waals surface area contributed by atoms with Gasteiger partial charge in [-0.15, -0.1) is 5.10 Å². The first-order chi connectivity index (χ1) is 17.0. The van der Waals surface area contributed by atoms with E-state index >= 15 is 0 Å². The molecule has 1 saturated heterocycles. The Bertz CT molecular complexity index is 1200. The van der Waals surface area contributed by atoms with E-state index in [1.54, 1.807) is 6.92 Å². The van der Waals surface area contributed by atoms with E-state index in [1.807, 2.05) is 24.3 Å². The van der Waals surface area contributed by atoms with Gasteiger partial charge in [0.25, 0.3) is 0 Å². The van der Waals surface area contributed by atoms with Crippen LogP contribution in [0.1, 0.15) is 31.0 Å². The molecule has 2 N–H and O–H groups in total. The smallest absolute Gasteiger partial charge is 0.327 e. The molecule has 11 heteroatoms. The third kappa shape index (κ3) is 5.10. The summed E-state index contributed by atoms with van der Waals surface area (Å²) in [5.74, 6) is 2.09. The number of carbonyl (C=O) groups excluding carboxylic acids is 1. The second-order valence-electron chi connectivity index (χ2n) is 8.81. The van der Waals surface area contributed by atoms with Gasteiger partial charge < -0.3 is 19.4 Å². The molecular weight excluding hydrogens is 448 g/mol. The van der Waals surface area contributed by atoms with Gasteiger partial charge in [0.1, 0.15) is 5.82 Å². The van der Waals surface area contributed by atoms with E-state index in [2.05, 4.69) is 44.5 Å². The van der Waals surface area contributed by atoms with Crippen LogP contribution in [0.5, 0.6) is 0 Å². The molecule has 2 aliphatic heterocycles. The van der Waals surface area contributed by atoms with Crippen molar-refractivity contribution in [3.8, 4) is 11.4 Å². The lowest BCUT2D eigenvalue weighted by Gasteiger charge is -2.37. The number of morpholine rings is 1. The number of carbonyl (C=O) groups is 1. The number of aromatic nitrogens is 4. The number of nitrogens with zero attached hydrogens (tertiary/aromatic N) is 6. The molecule has 2 aromatic heterocycles. The quantitative estimate of drug-likeness (QED) is 0.570. The number of hydrogen-bond donors (Lipinski definition) is 2. The van der Waals surface area contributed by atoms with Gasteiger partial charge in [0.05, 0.1) is 24.9 Å². The first-order valence-electron chi connectivity index (χ1n) is 11.9. The van der Waals surface area contributed by atoms with Crippen molar-refractivity contribution in [3.63, 3.8) is 0 Å². The zero-order valence-electron chi connectivity index (χ0n) is 20.2. The maximum atomic E-state index is 12.2. The highest BCUT2D eigenvalue weighted by Crippen LogP contribution is 2.31. The molecular formula is C24H30N8O3. The summed E-state index contributed by atoms with van der Waals surface area (Å²) in [5, 5.41) is 12.7. The van der Waals surface area contributed by atoms with Gasteiger partial charge in [0, 0.05) is 43.4 Å². The van der Waals surface area contributed by atoms with Crippen molar-refractivity contribution in [1.29, 1.82) is 0 Å². The van der Waals surface area contributed by atoms with Crippen molar-refractivity contribution in [2.45, 2.75) is 39.8 Å². The fourth-order valence-corrected chi connectivity index (χ4v) is 4.45. The lowest BCUT2D eigenvalue weighted by atomic mass is 10.0. The molecule has 1 fully saturated rings. The molecule has 0 bridgehead atoms. The van der Waals surface area contributed by atoms with Gasteiger partial charge in [-0.05, 0) is 44.2 Å². The molecule has 0 aliphatic carbocycles. The van der Waals surface area contributed by atoms with Crippen molar-refractivity contribution < 1.29 is 13.9 Å². The van der Waals surface area contributed by atoms with Crippen molar-refractivity contribution in [2.24, 2.45) is 0 Å². The van der Waals surface area contributed by atoms with Crippen LogP contribution < -0.4 is 15.5 Å². The number of nitrogens with one attached hydrogen (secondary N) is 2. The summed E-state index contributed by atoms with van der Waals surface area (Å²) >= 11 is 0. The van der Waals surface area contributed by atoms with E-state index in [1.165, 1.54) is 5.56 Å². The van der Waals surface area contributed by atoms with Crippen molar-refractivity contribution in [2.75, 3.05) is 48.4 Å². The SMILES string of the molecule is CCN1CCc2c(nc(-c3ccc(NC(=O)Nc4nnc(C)o4)cc3)nc2N2CCOCC2C)C1. The number of benzene rings is 1. The van der Waals surface area contributed by atoms with Crippen LogP contribution in [0, 0.1) is 6.92 Å². The van der Waals surface area contributed by atoms with Crippen LogP contribution in [0.4, 0.5) is 22.3 Å². The van der Waals surface area contributed by atoms with E-state index in [0.29, 0.717) is 30.6 Å². The summed E-state index contributed by atoms with van der Waals surface area (Å²) < 4.78 is 10.8. The fourth-order valence-electron chi connectivity index (χ4n) is 4.45. The second-order valence-corrected chi connectivity index (χ2v) is 8.81. The number of amides is 2. The number of hydrogen-bond acceptors (Lipinski definition) is 9. The Morgan fingerprint density at radius 2 is 1.97 bits per heavy atom. The molecule has 0 radical (unpaired) electrons. The van der Waals surface area contributed by atoms with Gasteiger partial charge in [0.2, 0.25) is 5.89 Å². The minimum Gasteiger partial charge on any atom is -0.408 e. The molecule has 3 aromatic rings. The first kappa shape index (κ1) is 23.2. The number of aryl methyl sites for hydroxylation is 1. The van der Waals surface area contributed by atoms with Gasteiger partial charge >= 0.3 is 12.0 Å². The summed E-state index contributed by atoms with van der Waals surface area (Å²) in [6, 6.07) is 7.33. The number of rotatable bonds is 5. The van der Waals surface area contributed by atoms with E-state index in [4.69, 9.17) is 19.1 Å². The normalized spacial score (nSPS) is 18.3. The topological polar surface area (TPSA) is 122 Å². The zero-order chi connectivity index (χ0) is 24.4. The largest absolute Gasteiger partial charge is 0.408 e. The molecule has 1 atom stereocenters. The highest BCUT2D eigenvalue weighted by molar-refractivity contribution is 5.98. The van der Waals surface area contributed by atoms with Gasteiger partial charge in [-0.1, -0.05) is 12.0 Å². The van der Waals surface area contributed by atoms with Crippen molar-refractivity contribution in [3.05, 3.63) is 41.4 Å². The average molecular weight is 479 g/mol. The molecule has 2 amide bonds. The van der Waals surface area contributed by atoms with Crippen molar-refractivity contribution in [1.82, 2.24) is 25.1 Å². The van der Waals surface area contributed by atoms with E-state index in [9.17, 15) is 4.79 Å². The van der Waals surface area contributed by atoms with Gasteiger partial charge in [-0.25, -0.2) is 14.8 Å². The van der Waals surface area contributed by atoms with Gasteiger partial charge in [-0.3, -0.25) is 10.2 Å². The van der Waals surface area contributed by atoms with Crippen molar-refractivity contribution >= 4 is 23.6 Å². The lowest BCUT2D eigenvalue weighted by molar-refractivity contribution is 0.0983. The predicted molar refractivity (Wildman–Crippen MR) is 131 cm³/mol. The molecule has 1 aromatic carbocycles. The summed E-state index contributed by atoms with van der Waals surface area (Å²) in [5.41, 5.74) is 3.85. The highest BCUT2D eigenvalue weighted by Gasteiger charge is 2.28. The van der Waals surface area contributed by atoms with Crippen LogP contribution in [0.2, 0.25) is 0 Å². The summed E-state index contributed by atoms with van der Waals surface area (Å²) in [7, 11) is 0. The summed E-state index contributed by atoms with van der Waals surface area (Å²) in [6.45, 7) is 11.1. The zero-order valence-corrected chi connectivity index (χ0v) is 20.2. The Kier molecular flexibility index (Phi) is 6.60. The Labute approximate surface area is 203 Å². The van der Waals surface area contributed by atoms with Gasteiger partial charge in [-0.2, -0.15) is 0 Å². The standard InChI is InChI=1S/C24H30N8O3/c1-4-31-10-9-19-20(13-31)26-21(27-22(19)32-11-12-34-14-15(32)2)17-5-7-18(8-6-17)25-23(33)28-24-30-29-16(3)35-24/h5-8,15H,4,9-14H2,1-3H3,(H2,25,28,30,33). The Hall–Kier alpha value is -3.57. The Morgan fingerprint density at radius 3 is 2.69 bits per heavy atom. The van der Waals surface area contributed by atoms with E-state index < -0.39 is 6.03 Å². The average Bonchev–Trinajstić information content (AvgIpc) is 3.27. The minimum atomic E-state index is -0.463. The second kappa shape index (κ2) is 9.96. The summed E-state index contributed by atoms with van der Waals surface area (Å²) in [6.07, 6.45) is 0.945. The summed E-state index contributed by atoms with van der Waals surface area (Å²) in [4.78, 5) is 27.0. The number of anilines is 3. The van der Waals surface area contributed by atoms with E-state index in [-0.39, 0.29) is 12.1 Å². The molecule has 11 nitrogen and oxygen atoms in total. The molecule has 1 unspecified atom stereocenters. The maximum Gasteiger partial charge on any atom is 0.327 e. The molecule has 2 aliphatic rings. The Balaban J connectivity index is 1.39. The third-order valence-electron chi connectivity index (χ3n) is 6.36. The van der Waals surface area contributed by atoms with Crippen LogP contribution >= 0.6 is 0 Å². The number of fused-ring (bicyclic) bond motifs is 1. The molecule has 184 valence electrons. The van der Waals surface area contributed by atoms with Crippen LogP contribution in [-0.4, -0.2) is 70.0 Å². The minimum absolute atomic E-state index is 0.0464. The van der Waals surface area contributed by atoms with Crippen LogP contribution in [0.3, 0.4) is 0 Å². The first-order valence-corrected chi connectivity index (χ1v) is 11.9. The fraction of sp³-hybridized carbons (Fsp3) is 0.458. The maximum absolute atomic E-state index is 12.2. The molecule has 5 rings (SSSR count). The molecule has 35 heavy (non-hydrogen) atoms. The van der Waals surface area contributed by atoms with E-state index in [0.717, 1.165) is 49.7 Å².